The first-order valence-corrected chi connectivity index (χ1v) is 13.5. The monoisotopic (exact) mass is 491 g/mol. The Hall–Kier alpha value is -3.43. The number of aromatic nitrogens is 3. The van der Waals surface area contributed by atoms with Gasteiger partial charge in [0.2, 0.25) is 16.0 Å². The van der Waals surface area contributed by atoms with Crippen LogP contribution in [-0.2, 0) is 27.7 Å². The zero-order chi connectivity index (χ0) is 24.6. The van der Waals surface area contributed by atoms with E-state index in [2.05, 4.69) is 22.2 Å². The maximum atomic E-state index is 11.9. The average molecular weight is 492 g/mol. The van der Waals surface area contributed by atoms with Gasteiger partial charge in [-0.1, -0.05) is 36.4 Å². The van der Waals surface area contributed by atoms with Gasteiger partial charge >= 0.3 is 0 Å². The van der Waals surface area contributed by atoms with Crippen LogP contribution in [0.2, 0.25) is 0 Å². The fourth-order valence-corrected chi connectivity index (χ4v) is 5.35. The standard InChI is InChI=1S/C26H29N5O3S/c1-17-15-20-21(30-35(3,32)33)12-8-13-22(20)31(17)26-28-24-19(11-7-14-23(24)34-2)25(29-26)27-16-18-9-5-4-6-10-18/h4-6,8-10,12-13,15,23,30H,7,11,14,16H2,1-3H3,(H,27,28,29)/t23-/m0/s1. The highest BCUT2D eigenvalue weighted by atomic mass is 32.2. The number of nitrogens with one attached hydrogen (secondary N) is 2. The smallest absolute Gasteiger partial charge is 0.236 e. The van der Waals surface area contributed by atoms with E-state index in [0.29, 0.717) is 18.2 Å². The number of anilines is 2. The van der Waals surface area contributed by atoms with E-state index in [0.717, 1.165) is 59.2 Å². The molecule has 0 saturated heterocycles. The van der Waals surface area contributed by atoms with Crippen molar-refractivity contribution in [2.75, 3.05) is 23.4 Å². The molecule has 182 valence electrons. The van der Waals surface area contributed by atoms with Crippen LogP contribution in [0.3, 0.4) is 0 Å². The number of fused-ring (bicyclic) bond motifs is 2. The van der Waals surface area contributed by atoms with Crippen molar-refractivity contribution in [3.05, 3.63) is 77.1 Å². The van der Waals surface area contributed by atoms with Gasteiger partial charge in [-0.3, -0.25) is 9.29 Å². The Morgan fingerprint density at radius 1 is 1.11 bits per heavy atom. The number of benzene rings is 2. The summed E-state index contributed by atoms with van der Waals surface area (Å²) in [5, 5.41) is 4.32. The van der Waals surface area contributed by atoms with Gasteiger partial charge in [0, 0.05) is 30.3 Å². The zero-order valence-corrected chi connectivity index (χ0v) is 20.9. The van der Waals surface area contributed by atoms with Crippen molar-refractivity contribution in [1.82, 2.24) is 14.5 Å². The molecule has 0 amide bonds. The van der Waals surface area contributed by atoms with Crippen LogP contribution >= 0.6 is 0 Å². The maximum Gasteiger partial charge on any atom is 0.236 e. The molecule has 2 N–H and O–H groups in total. The fraction of sp³-hybridized carbons (Fsp3) is 0.308. The number of ether oxygens (including phenoxy) is 1. The van der Waals surface area contributed by atoms with Gasteiger partial charge in [-0.05, 0) is 49.9 Å². The van der Waals surface area contributed by atoms with Crippen LogP contribution in [0.5, 0.6) is 0 Å². The predicted molar refractivity (Wildman–Crippen MR) is 139 cm³/mol. The van der Waals surface area contributed by atoms with E-state index in [4.69, 9.17) is 14.7 Å². The van der Waals surface area contributed by atoms with Crippen molar-refractivity contribution in [1.29, 1.82) is 0 Å². The molecule has 1 aliphatic rings. The lowest BCUT2D eigenvalue weighted by Crippen LogP contribution is -2.20. The first-order chi connectivity index (χ1) is 16.8. The van der Waals surface area contributed by atoms with Crippen LogP contribution < -0.4 is 10.0 Å². The molecule has 0 unspecified atom stereocenters. The summed E-state index contributed by atoms with van der Waals surface area (Å²) in [4.78, 5) is 9.96. The van der Waals surface area contributed by atoms with Crippen LogP contribution in [0.1, 0.15) is 41.5 Å². The number of nitrogens with zero attached hydrogens (tertiary/aromatic N) is 3. The molecule has 0 aliphatic heterocycles. The average Bonchev–Trinajstić information content (AvgIpc) is 3.18. The molecule has 35 heavy (non-hydrogen) atoms. The van der Waals surface area contributed by atoms with Gasteiger partial charge in [-0.25, -0.2) is 13.4 Å². The van der Waals surface area contributed by atoms with Crippen molar-refractivity contribution in [3.63, 3.8) is 0 Å². The molecule has 0 saturated carbocycles. The second-order valence-electron chi connectivity index (χ2n) is 8.93. The summed E-state index contributed by atoms with van der Waals surface area (Å²) in [6, 6.07) is 17.7. The third-order valence-corrected chi connectivity index (χ3v) is 6.93. The number of hydrogen-bond acceptors (Lipinski definition) is 6. The maximum absolute atomic E-state index is 11.9. The Balaban J connectivity index is 1.64. The Morgan fingerprint density at radius 3 is 2.66 bits per heavy atom. The zero-order valence-electron chi connectivity index (χ0n) is 20.1. The fourth-order valence-electron chi connectivity index (χ4n) is 4.78. The normalized spacial score (nSPS) is 15.7. The van der Waals surface area contributed by atoms with Crippen molar-refractivity contribution < 1.29 is 13.2 Å². The first kappa shape index (κ1) is 23.3. The predicted octanol–water partition coefficient (Wildman–Crippen LogP) is 4.74. The molecule has 1 aliphatic carbocycles. The molecule has 2 aromatic carbocycles. The second-order valence-corrected chi connectivity index (χ2v) is 10.7. The van der Waals surface area contributed by atoms with Crippen LogP contribution in [0.25, 0.3) is 16.9 Å². The van der Waals surface area contributed by atoms with E-state index in [1.54, 1.807) is 13.2 Å². The third kappa shape index (κ3) is 4.74. The number of aryl methyl sites for hydroxylation is 1. The van der Waals surface area contributed by atoms with Crippen molar-refractivity contribution in [2.45, 2.75) is 38.8 Å². The molecule has 2 aromatic heterocycles. The number of sulfonamides is 1. The highest BCUT2D eigenvalue weighted by Gasteiger charge is 2.27. The van der Waals surface area contributed by atoms with E-state index in [1.165, 1.54) is 5.56 Å². The van der Waals surface area contributed by atoms with E-state index in [9.17, 15) is 8.42 Å². The molecule has 1 atom stereocenters. The molecule has 0 radical (unpaired) electrons. The minimum atomic E-state index is -3.42. The molecule has 9 heteroatoms. The third-order valence-electron chi connectivity index (χ3n) is 6.34. The van der Waals surface area contributed by atoms with Crippen molar-refractivity contribution in [2.24, 2.45) is 0 Å². The minimum absolute atomic E-state index is 0.0950. The summed E-state index contributed by atoms with van der Waals surface area (Å²) in [6.07, 6.45) is 3.87. The van der Waals surface area contributed by atoms with E-state index >= 15 is 0 Å². The summed E-state index contributed by atoms with van der Waals surface area (Å²) in [5.41, 5.74) is 5.43. The molecule has 2 heterocycles. The van der Waals surface area contributed by atoms with Crippen LogP contribution in [0.15, 0.2) is 54.6 Å². The Labute approximate surface area is 205 Å². The Kier molecular flexibility index (Phi) is 6.21. The Bertz CT molecular complexity index is 1480. The topological polar surface area (TPSA) is 98.1 Å². The second kappa shape index (κ2) is 9.31. The lowest BCUT2D eigenvalue weighted by atomic mass is 9.93. The van der Waals surface area contributed by atoms with Crippen molar-refractivity contribution in [3.8, 4) is 5.95 Å². The molecular formula is C26H29N5O3S. The molecule has 0 spiro atoms. The van der Waals surface area contributed by atoms with Gasteiger partial charge in [-0.15, -0.1) is 0 Å². The molecule has 0 bridgehead atoms. The van der Waals surface area contributed by atoms with E-state index in [1.807, 2.05) is 47.9 Å². The molecular weight excluding hydrogens is 462 g/mol. The van der Waals surface area contributed by atoms with Crippen LogP contribution in [0.4, 0.5) is 11.5 Å². The van der Waals surface area contributed by atoms with Crippen LogP contribution in [-0.4, -0.2) is 36.3 Å². The highest BCUT2D eigenvalue weighted by molar-refractivity contribution is 7.92. The highest BCUT2D eigenvalue weighted by Crippen LogP contribution is 2.36. The SMILES string of the molecule is CO[C@H]1CCCc2c(NCc3ccccc3)nc(-n3c(C)cc4c(NS(C)(=O)=O)cccc43)nc21. The van der Waals surface area contributed by atoms with Gasteiger partial charge in [0.25, 0.3) is 0 Å². The number of hydrogen-bond donors (Lipinski definition) is 2. The summed E-state index contributed by atoms with van der Waals surface area (Å²) in [7, 11) is -1.70. The largest absolute Gasteiger partial charge is 0.375 e. The van der Waals surface area contributed by atoms with Gasteiger partial charge in [0.1, 0.15) is 5.82 Å². The van der Waals surface area contributed by atoms with Gasteiger partial charge in [0.15, 0.2) is 0 Å². The van der Waals surface area contributed by atoms with E-state index in [-0.39, 0.29) is 6.10 Å². The molecule has 8 nitrogen and oxygen atoms in total. The Morgan fingerprint density at radius 2 is 1.91 bits per heavy atom. The van der Waals surface area contributed by atoms with Gasteiger partial charge < -0.3 is 10.1 Å². The quantitative estimate of drug-likeness (QED) is 0.388. The molecule has 0 fully saturated rings. The van der Waals surface area contributed by atoms with Gasteiger partial charge in [0.05, 0.1) is 29.3 Å². The minimum Gasteiger partial charge on any atom is -0.375 e. The lowest BCUT2D eigenvalue weighted by molar-refractivity contribution is 0.0842. The van der Waals surface area contributed by atoms with Crippen LogP contribution in [0, 0.1) is 6.92 Å². The summed E-state index contributed by atoms with van der Waals surface area (Å²) in [6.45, 7) is 2.62. The number of methoxy groups -OCH3 is 1. The first-order valence-electron chi connectivity index (χ1n) is 11.6. The molecule has 4 aromatic rings. The van der Waals surface area contributed by atoms with E-state index < -0.39 is 10.0 Å². The molecule has 5 rings (SSSR count). The van der Waals surface area contributed by atoms with Gasteiger partial charge in [-0.2, -0.15) is 4.98 Å². The lowest BCUT2D eigenvalue weighted by Gasteiger charge is -2.26. The van der Waals surface area contributed by atoms with Crippen molar-refractivity contribution >= 4 is 32.4 Å². The summed E-state index contributed by atoms with van der Waals surface area (Å²) >= 11 is 0. The summed E-state index contributed by atoms with van der Waals surface area (Å²) in [5.74, 6) is 1.34. The number of rotatable bonds is 7. The summed E-state index contributed by atoms with van der Waals surface area (Å²) < 4.78 is 34.2.